The van der Waals surface area contributed by atoms with Crippen LogP contribution in [0.1, 0.15) is 12.5 Å². The van der Waals surface area contributed by atoms with E-state index in [0.717, 1.165) is 26.5 Å². The van der Waals surface area contributed by atoms with Gasteiger partial charge in [0.15, 0.2) is 0 Å². The predicted octanol–water partition coefficient (Wildman–Crippen LogP) is 4.23. The van der Waals surface area contributed by atoms with Crippen molar-refractivity contribution in [3.8, 4) is 0 Å². The van der Waals surface area contributed by atoms with Gasteiger partial charge in [0.05, 0.1) is 11.1 Å². The van der Waals surface area contributed by atoms with Crippen LogP contribution in [-0.2, 0) is 10.2 Å². The maximum atomic E-state index is 12.6. The van der Waals surface area contributed by atoms with Crippen molar-refractivity contribution in [1.82, 2.24) is 0 Å². The number of anilines is 1. The molecule has 19 heavy (non-hydrogen) atoms. The van der Waals surface area contributed by atoms with Crippen molar-refractivity contribution >= 4 is 54.2 Å². The van der Waals surface area contributed by atoms with Gasteiger partial charge in [-0.1, -0.05) is 56.1 Å². The number of carbonyl (C=O) groups excluding carboxylic acids is 1. The van der Waals surface area contributed by atoms with E-state index in [9.17, 15) is 4.79 Å². The SMILES string of the molecule is CN1C(=O)C(C)(CBr)c2cc(Br)c3ccccc3c21. The zero-order valence-electron chi connectivity index (χ0n) is 10.7. The molecule has 0 aliphatic carbocycles. The first kappa shape index (κ1) is 13.1. The molecule has 1 unspecified atom stereocenters. The summed E-state index contributed by atoms with van der Waals surface area (Å²) in [6, 6.07) is 10.3. The first-order valence-corrected chi connectivity index (χ1v) is 7.98. The summed E-state index contributed by atoms with van der Waals surface area (Å²) in [4.78, 5) is 14.3. The molecular weight excluding hydrogens is 370 g/mol. The molecule has 4 heteroatoms. The smallest absolute Gasteiger partial charge is 0.238 e. The molecule has 0 N–H and O–H groups in total. The van der Waals surface area contributed by atoms with Crippen molar-refractivity contribution < 1.29 is 4.79 Å². The number of benzene rings is 2. The number of hydrogen-bond donors (Lipinski definition) is 0. The van der Waals surface area contributed by atoms with E-state index in [1.807, 2.05) is 26.1 Å². The van der Waals surface area contributed by atoms with Crippen LogP contribution in [0.3, 0.4) is 0 Å². The van der Waals surface area contributed by atoms with Crippen LogP contribution in [0.25, 0.3) is 10.8 Å². The second kappa shape index (κ2) is 4.32. The highest BCUT2D eigenvalue weighted by atomic mass is 79.9. The topological polar surface area (TPSA) is 20.3 Å². The number of fused-ring (bicyclic) bond motifs is 3. The molecule has 0 aromatic heterocycles. The van der Waals surface area contributed by atoms with Crippen LogP contribution in [0, 0.1) is 0 Å². The molecule has 1 heterocycles. The standard InChI is InChI=1S/C15H13Br2NO/c1-15(8-16)11-7-12(17)9-5-3-4-6-10(9)13(11)18(2)14(15)19/h3-7H,8H2,1-2H3. The molecule has 0 radical (unpaired) electrons. The number of nitrogens with zero attached hydrogens (tertiary/aromatic N) is 1. The Balaban J connectivity index is 2.46. The number of amides is 1. The lowest BCUT2D eigenvalue weighted by Gasteiger charge is -2.19. The Kier molecular flexibility index (Phi) is 2.98. The summed E-state index contributed by atoms with van der Waals surface area (Å²) >= 11 is 7.12. The second-order valence-electron chi connectivity index (χ2n) is 5.13. The van der Waals surface area contributed by atoms with E-state index in [0.29, 0.717) is 5.33 Å². The molecule has 1 amide bonds. The Morgan fingerprint density at radius 1 is 1.26 bits per heavy atom. The largest absolute Gasteiger partial charge is 0.314 e. The van der Waals surface area contributed by atoms with E-state index in [1.165, 1.54) is 0 Å². The summed E-state index contributed by atoms with van der Waals surface area (Å²) < 4.78 is 1.04. The maximum absolute atomic E-state index is 12.6. The minimum atomic E-state index is -0.489. The highest BCUT2D eigenvalue weighted by Gasteiger charge is 2.46. The van der Waals surface area contributed by atoms with Gasteiger partial charge < -0.3 is 4.90 Å². The molecule has 2 nitrogen and oxygen atoms in total. The Morgan fingerprint density at radius 2 is 1.89 bits per heavy atom. The van der Waals surface area contributed by atoms with Gasteiger partial charge in [-0.2, -0.15) is 0 Å². The van der Waals surface area contributed by atoms with Crippen LogP contribution in [0.2, 0.25) is 0 Å². The zero-order chi connectivity index (χ0) is 13.8. The summed E-state index contributed by atoms with van der Waals surface area (Å²) in [5.74, 6) is 0.141. The number of rotatable bonds is 1. The third kappa shape index (κ3) is 1.62. The predicted molar refractivity (Wildman–Crippen MR) is 86.2 cm³/mol. The normalized spacial score (nSPS) is 22.1. The molecule has 1 atom stereocenters. The van der Waals surface area contributed by atoms with E-state index in [1.54, 1.807) is 4.90 Å². The van der Waals surface area contributed by atoms with E-state index in [4.69, 9.17) is 0 Å². The first-order valence-electron chi connectivity index (χ1n) is 6.06. The highest BCUT2D eigenvalue weighted by Crippen LogP contribution is 2.47. The lowest BCUT2D eigenvalue weighted by atomic mass is 9.85. The highest BCUT2D eigenvalue weighted by molar-refractivity contribution is 9.10. The molecule has 0 bridgehead atoms. The van der Waals surface area contributed by atoms with Crippen molar-refractivity contribution in [1.29, 1.82) is 0 Å². The molecule has 0 spiro atoms. The molecule has 2 aromatic carbocycles. The second-order valence-corrected chi connectivity index (χ2v) is 6.55. The Hall–Kier alpha value is -0.870. The van der Waals surface area contributed by atoms with Gasteiger partial charge in [0, 0.05) is 22.2 Å². The summed E-state index contributed by atoms with van der Waals surface area (Å²) in [5.41, 5.74) is 1.63. The fourth-order valence-electron chi connectivity index (χ4n) is 2.81. The molecule has 0 saturated carbocycles. The lowest BCUT2D eigenvalue weighted by Crippen LogP contribution is -2.37. The average molecular weight is 383 g/mol. The molecule has 1 aliphatic rings. The van der Waals surface area contributed by atoms with Crippen molar-refractivity contribution in [3.63, 3.8) is 0 Å². The average Bonchev–Trinajstić information content (AvgIpc) is 2.62. The van der Waals surface area contributed by atoms with E-state index < -0.39 is 5.41 Å². The quantitative estimate of drug-likeness (QED) is 0.675. The monoisotopic (exact) mass is 381 g/mol. The van der Waals surface area contributed by atoms with Crippen molar-refractivity contribution in [3.05, 3.63) is 40.4 Å². The van der Waals surface area contributed by atoms with Crippen molar-refractivity contribution in [2.24, 2.45) is 0 Å². The van der Waals surface area contributed by atoms with Gasteiger partial charge in [-0.05, 0) is 23.9 Å². The van der Waals surface area contributed by atoms with Crippen molar-refractivity contribution in [2.75, 3.05) is 17.3 Å². The van der Waals surface area contributed by atoms with E-state index in [-0.39, 0.29) is 5.91 Å². The Bertz CT molecular complexity index is 698. The molecular formula is C15H13Br2NO. The van der Waals surface area contributed by atoms with Gasteiger partial charge in [-0.25, -0.2) is 0 Å². The van der Waals surface area contributed by atoms with Crippen molar-refractivity contribution in [2.45, 2.75) is 12.3 Å². The summed E-state index contributed by atoms with van der Waals surface area (Å²) in [6.07, 6.45) is 0. The van der Waals surface area contributed by atoms with E-state index >= 15 is 0 Å². The van der Waals surface area contributed by atoms with Gasteiger partial charge in [0.2, 0.25) is 5.91 Å². The molecule has 98 valence electrons. The van der Waals surface area contributed by atoms with Gasteiger partial charge >= 0.3 is 0 Å². The third-order valence-electron chi connectivity index (χ3n) is 3.94. The van der Waals surface area contributed by atoms with Gasteiger partial charge in [0.1, 0.15) is 0 Å². The molecule has 0 saturated heterocycles. The van der Waals surface area contributed by atoms with Crippen LogP contribution < -0.4 is 4.90 Å². The van der Waals surface area contributed by atoms with Crippen LogP contribution >= 0.6 is 31.9 Å². The van der Waals surface area contributed by atoms with Gasteiger partial charge in [-0.3, -0.25) is 4.79 Å². The summed E-state index contributed by atoms with van der Waals surface area (Å²) in [5, 5.41) is 2.88. The molecule has 3 rings (SSSR count). The molecule has 1 aliphatic heterocycles. The lowest BCUT2D eigenvalue weighted by molar-refractivity contribution is -0.121. The third-order valence-corrected chi connectivity index (χ3v) is 5.72. The Labute approximate surface area is 129 Å². The number of alkyl halides is 1. The minimum absolute atomic E-state index is 0.141. The Morgan fingerprint density at radius 3 is 2.53 bits per heavy atom. The number of carbonyl (C=O) groups is 1. The van der Waals surface area contributed by atoms with Crippen LogP contribution in [0.5, 0.6) is 0 Å². The summed E-state index contributed by atoms with van der Waals surface area (Å²) in [6.45, 7) is 1.99. The molecule has 0 fully saturated rings. The first-order chi connectivity index (χ1) is 9.00. The minimum Gasteiger partial charge on any atom is -0.314 e. The number of halogens is 2. The number of hydrogen-bond acceptors (Lipinski definition) is 1. The van der Waals surface area contributed by atoms with Crippen LogP contribution in [-0.4, -0.2) is 18.3 Å². The van der Waals surface area contributed by atoms with Gasteiger partial charge in [-0.15, -0.1) is 0 Å². The van der Waals surface area contributed by atoms with Crippen LogP contribution in [0.4, 0.5) is 5.69 Å². The fraction of sp³-hybridized carbons (Fsp3) is 0.267. The molecule has 2 aromatic rings. The van der Waals surface area contributed by atoms with Gasteiger partial charge in [0.25, 0.3) is 0 Å². The van der Waals surface area contributed by atoms with Crippen LogP contribution in [0.15, 0.2) is 34.8 Å². The maximum Gasteiger partial charge on any atom is 0.238 e. The fourth-order valence-corrected chi connectivity index (χ4v) is 3.93. The summed E-state index contributed by atoms with van der Waals surface area (Å²) in [7, 11) is 1.86. The van der Waals surface area contributed by atoms with E-state index in [2.05, 4.69) is 50.1 Å². The zero-order valence-corrected chi connectivity index (χ0v) is 13.9. The number of likely N-dealkylation sites (N-methyl/N-ethyl adjacent to an activating group) is 1.